The number of phosphoric ester groups is 2. The quantitative estimate of drug-likeness (QED) is 0.0146. The van der Waals surface area contributed by atoms with Crippen LogP contribution in [0.3, 0.4) is 0 Å². The first-order valence-electron chi connectivity index (χ1n) is 30.2. The topological polar surface area (TPSA) is 231 Å². The van der Waals surface area contributed by atoms with Gasteiger partial charge in [0.2, 0.25) is 0 Å². The van der Waals surface area contributed by atoms with Crippen molar-refractivity contribution in [3.05, 3.63) is 72.9 Å². The van der Waals surface area contributed by atoms with Gasteiger partial charge in [-0.25, -0.2) is 9.13 Å². The summed E-state index contributed by atoms with van der Waals surface area (Å²) in [6.45, 7) is 2.44. The molecule has 0 aromatic heterocycles. The summed E-state index contributed by atoms with van der Waals surface area (Å²) in [7, 11) is -9.76. The summed E-state index contributed by atoms with van der Waals surface area (Å²) in [6.07, 6.45) is 54.1. The van der Waals surface area contributed by atoms with Gasteiger partial charge in [0.05, 0.1) is 26.4 Å². The molecule has 16 nitrogen and oxygen atoms in total. The van der Waals surface area contributed by atoms with E-state index in [1.54, 1.807) is 0 Å². The van der Waals surface area contributed by atoms with Crippen LogP contribution in [0.25, 0.3) is 0 Å². The third-order valence-corrected chi connectivity index (χ3v) is 14.3. The summed E-state index contributed by atoms with van der Waals surface area (Å²) in [6, 6.07) is 0. The van der Waals surface area contributed by atoms with E-state index in [2.05, 4.69) is 93.7 Å². The van der Waals surface area contributed by atoms with Crippen molar-refractivity contribution < 1.29 is 75.8 Å². The maximum atomic E-state index is 12.8. The van der Waals surface area contributed by atoms with E-state index >= 15 is 0 Å². The molecule has 0 heterocycles. The average Bonchev–Trinajstić information content (AvgIpc) is 3.42. The van der Waals surface area contributed by atoms with Gasteiger partial charge in [0.25, 0.3) is 0 Å². The van der Waals surface area contributed by atoms with Gasteiger partial charge < -0.3 is 34.2 Å². The predicted octanol–water partition coefficient (Wildman–Crippen LogP) is 15.6. The lowest BCUT2D eigenvalue weighted by Gasteiger charge is -2.21. The number of phosphoric acid groups is 2. The van der Waals surface area contributed by atoms with Gasteiger partial charge in [0, 0.05) is 19.3 Å². The third-order valence-electron chi connectivity index (χ3n) is 12.4. The maximum Gasteiger partial charge on any atom is 0.472 e. The maximum absolute atomic E-state index is 12.8. The zero-order chi connectivity index (χ0) is 58.2. The molecule has 0 amide bonds. The third kappa shape index (κ3) is 56.6. The minimum atomic E-state index is -4.92. The van der Waals surface area contributed by atoms with Gasteiger partial charge in [0.1, 0.15) is 25.4 Å². The van der Waals surface area contributed by atoms with Crippen LogP contribution in [-0.2, 0) is 55.8 Å². The smallest absolute Gasteiger partial charge is 0.463 e. The van der Waals surface area contributed by atoms with E-state index in [-0.39, 0.29) is 19.3 Å². The van der Waals surface area contributed by atoms with Crippen LogP contribution in [0.2, 0.25) is 0 Å². The number of allylic oxidation sites excluding steroid dienone is 12. The predicted molar refractivity (Wildman–Crippen MR) is 316 cm³/mol. The first-order chi connectivity index (χ1) is 38.2. The van der Waals surface area contributed by atoms with Crippen molar-refractivity contribution in [1.29, 1.82) is 0 Å². The minimum absolute atomic E-state index is 0.0932. The summed E-state index contributed by atoms with van der Waals surface area (Å²) >= 11 is 0. The molecule has 0 saturated carbocycles. The second-order valence-corrected chi connectivity index (χ2v) is 23.0. The van der Waals surface area contributed by atoms with Crippen molar-refractivity contribution in [2.45, 2.75) is 257 Å². The molecule has 4 N–H and O–H groups in total. The first-order valence-corrected chi connectivity index (χ1v) is 33.2. The molecule has 0 aliphatic rings. The van der Waals surface area contributed by atoms with Crippen LogP contribution in [0.5, 0.6) is 0 Å². The fourth-order valence-corrected chi connectivity index (χ4v) is 9.30. The van der Waals surface area contributed by atoms with Crippen molar-refractivity contribution in [2.24, 2.45) is 0 Å². The number of carbonyl (C=O) groups excluding carboxylic acids is 3. The highest BCUT2D eigenvalue weighted by atomic mass is 31.2. The molecular weight excluding hydrogens is 1050 g/mol. The molecule has 0 bridgehead atoms. The minimum Gasteiger partial charge on any atom is -0.463 e. The van der Waals surface area contributed by atoms with Crippen molar-refractivity contribution in [2.75, 3.05) is 39.6 Å². The highest BCUT2D eigenvalue weighted by molar-refractivity contribution is 7.47. The van der Waals surface area contributed by atoms with E-state index in [1.165, 1.54) is 51.4 Å². The van der Waals surface area contributed by atoms with Gasteiger partial charge in [0.15, 0.2) is 6.10 Å². The van der Waals surface area contributed by atoms with E-state index in [4.69, 9.17) is 32.3 Å². The van der Waals surface area contributed by atoms with E-state index < -0.39 is 91.5 Å². The molecule has 5 atom stereocenters. The molecule has 0 aromatic rings. The van der Waals surface area contributed by atoms with E-state index in [0.29, 0.717) is 19.3 Å². The molecule has 0 fully saturated rings. The Hall–Kier alpha value is -3.01. The average molecular weight is 1160 g/mol. The summed E-state index contributed by atoms with van der Waals surface area (Å²) in [4.78, 5) is 58.0. The Labute approximate surface area is 477 Å². The van der Waals surface area contributed by atoms with Crippen LogP contribution in [-0.4, -0.2) is 95.9 Å². The Balaban J connectivity index is 4.66. The number of hydrogen-bond acceptors (Lipinski definition) is 14. The molecule has 0 radical (unpaired) electrons. The fraction of sp³-hybridized carbons (Fsp3) is 0.754. The van der Waals surface area contributed by atoms with Crippen LogP contribution in [0.1, 0.15) is 239 Å². The Kier molecular flexibility index (Phi) is 53.4. The van der Waals surface area contributed by atoms with Crippen molar-refractivity contribution in [1.82, 2.24) is 0 Å². The van der Waals surface area contributed by atoms with Crippen molar-refractivity contribution in [3.8, 4) is 0 Å². The summed E-state index contributed by atoms with van der Waals surface area (Å²) < 4.78 is 60.5. The zero-order valence-electron chi connectivity index (χ0n) is 49.0. The normalized spacial score (nSPS) is 15.0. The van der Waals surface area contributed by atoms with Gasteiger partial charge in [-0.15, -0.1) is 0 Å². The number of aliphatic hydroxyl groups is 2. The lowest BCUT2D eigenvalue weighted by Crippen LogP contribution is -2.30. The summed E-state index contributed by atoms with van der Waals surface area (Å²) in [5.74, 6) is -1.62. The highest BCUT2D eigenvalue weighted by Gasteiger charge is 2.29. The zero-order valence-corrected chi connectivity index (χ0v) is 50.8. The van der Waals surface area contributed by atoms with Gasteiger partial charge in [-0.05, 0) is 103 Å². The van der Waals surface area contributed by atoms with Crippen LogP contribution >= 0.6 is 15.6 Å². The lowest BCUT2D eigenvalue weighted by molar-refractivity contribution is -0.161. The SMILES string of the molecule is CC/C=C\C/C=C\C/C=C\C/C=C\CCCCCCC(=O)OCC(O)COP(=O)(O)OCC(O)COP(=O)(O)OCC(COC(=O)CCCCCCC/C=C\CCCCCCCC)OC(=O)CCCCCCC/C=C\CCCC. The molecule has 0 saturated heterocycles. The molecule has 0 spiro atoms. The standard InChI is InChI=1S/C61H108O16P2/c1-4-7-10-13-16-19-22-24-26-27-29-31-33-35-38-41-44-47-59(64)71-50-56(62)51-73-78(67,68)74-52-57(63)53-75-79(69,70)76-55-58(77-61(66)49-46-43-40-37-32-21-18-15-12-9-6-3)54-72-60(65)48-45-42-39-36-34-30-28-25-23-20-17-14-11-8-5-2/h7,10,15-16,18-19,24-26,28-29,31,56-58,62-63H,4-6,8-9,11-14,17,20-23,27,30,32-55H2,1-3H3,(H,67,68)(H,69,70)/b10-7-,18-15-,19-16-,26-24-,28-25-,31-29-. The second-order valence-electron chi connectivity index (χ2n) is 20.1. The van der Waals surface area contributed by atoms with Crippen molar-refractivity contribution in [3.63, 3.8) is 0 Å². The number of unbranched alkanes of at least 4 members (excludes halogenated alkanes) is 22. The Morgan fingerprint density at radius 1 is 0.367 bits per heavy atom. The van der Waals surface area contributed by atoms with Gasteiger partial charge in [-0.2, -0.15) is 0 Å². The van der Waals surface area contributed by atoms with Crippen LogP contribution in [0, 0.1) is 0 Å². The Bertz CT molecular complexity index is 1750. The Morgan fingerprint density at radius 2 is 0.684 bits per heavy atom. The molecule has 0 aromatic carbocycles. The molecule has 79 heavy (non-hydrogen) atoms. The van der Waals surface area contributed by atoms with Crippen molar-refractivity contribution >= 4 is 33.6 Å². The van der Waals surface area contributed by atoms with Crippen LogP contribution in [0.4, 0.5) is 0 Å². The van der Waals surface area contributed by atoms with Gasteiger partial charge in [-0.1, -0.05) is 190 Å². The molecular formula is C61H108O16P2. The molecule has 18 heteroatoms. The number of esters is 3. The summed E-state index contributed by atoms with van der Waals surface area (Å²) in [5, 5.41) is 20.4. The van der Waals surface area contributed by atoms with Crippen LogP contribution in [0.15, 0.2) is 72.9 Å². The summed E-state index contributed by atoms with van der Waals surface area (Å²) in [5.41, 5.74) is 0. The molecule has 0 aliphatic carbocycles. The number of hydrogen-bond donors (Lipinski definition) is 4. The van der Waals surface area contributed by atoms with Gasteiger partial charge in [-0.3, -0.25) is 32.5 Å². The number of ether oxygens (including phenoxy) is 3. The molecule has 458 valence electrons. The largest absolute Gasteiger partial charge is 0.472 e. The Morgan fingerprint density at radius 3 is 1.11 bits per heavy atom. The van der Waals surface area contributed by atoms with E-state index in [9.17, 15) is 43.5 Å². The van der Waals surface area contributed by atoms with E-state index in [1.807, 2.05) is 0 Å². The lowest BCUT2D eigenvalue weighted by atomic mass is 10.1. The number of aliphatic hydroxyl groups excluding tert-OH is 2. The molecule has 0 rings (SSSR count). The second kappa shape index (κ2) is 55.5. The first kappa shape index (κ1) is 76.0. The molecule has 0 aliphatic heterocycles. The van der Waals surface area contributed by atoms with E-state index in [0.717, 1.165) is 128 Å². The molecule has 5 unspecified atom stereocenters. The number of rotatable bonds is 57. The number of carbonyl (C=O) groups is 3. The van der Waals surface area contributed by atoms with Crippen LogP contribution < -0.4 is 0 Å². The monoisotopic (exact) mass is 1160 g/mol. The highest BCUT2D eigenvalue weighted by Crippen LogP contribution is 2.45. The fourth-order valence-electron chi connectivity index (χ4n) is 7.71. The van der Waals surface area contributed by atoms with Gasteiger partial charge >= 0.3 is 33.6 Å².